The zero-order chi connectivity index (χ0) is 14.0. The zero-order valence-corrected chi connectivity index (χ0v) is 12.4. The summed E-state index contributed by atoms with van der Waals surface area (Å²) in [6, 6.07) is 5.33. The average Bonchev–Trinajstić information content (AvgIpc) is 2.88. The Balaban J connectivity index is 2.21. The Morgan fingerprint density at radius 2 is 2.16 bits per heavy atom. The number of hydrogen-bond acceptors (Lipinski definition) is 2. The van der Waals surface area contributed by atoms with Crippen LogP contribution in [0.4, 0.5) is 0 Å². The first-order valence-corrected chi connectivity index (χ1v) is 7.23. The van der Waals surface area contributed by atoms with Crippen molar-refractivity contribution in [2.24, 2.45) is 11.7 Å². The molecule has 1 fully saturated rings. The molecule has 2 N–H and O–H groups in total. The average molecular weight is 301 g/mol. The van der Waals surface area contributed by atoms with Crippen LogP contribution in [0, 0.1) is 5.92 Å². The Labute approximate surface area is 123 Å². The lowest BCUT2D eigenvalue weighted by Gasteiger charge is -2.29. The molecule has 1 aliphatic carbocycles. The summed E-state index contributed by atoms with van der Waals surface area (Å²) < 4.78 is 0. The Morgan fingerprint density at radius 1 is 1.42 bits per heavy atom. The van der Waals surface area contributed by atoms with E-state index in [1.165, 1.54) is 0 Å². The van der Waals surface area contributed by atoms with E-state index in [1.54, 1.807) is 23.1 Å². The van der Waals surface area contributed by atoms with Crippen LogP contribution in [-0.4, -0.2) is 30.4 Å². The molecule has 104 valence electrons. The number of nitrogens with two attached hydrogens (primary N) is 1. The maximum Gasteiger partial charge on any atom is 0.255 e. The zero-order valence-electron chi connectivity index (χ0n) is 10.9. The van der Waals surface area contributed by atoms with Crippen molar-refractivity contribution in [2.45, 2.75) is 25.3 Å². The number of halogens is 2. The van der Waals surface area contributed by atoms with Gasteiger partial charge in [-0.15, -0.1) is 0 Å². The summed E-state index contributed by atoms with van der Waals surface area (Å²) in [6.07, 6.45) is 3.21. The van der Waals surface area contributed by atoms with Gasteiger partial charge < -0.3 is 10.6 Å². The van der Waals surface area contributed by atoms with E-state index in [2.05, 4.69) is 0 Å². The van der Waals surface area contributed by atoms with Crippen molar-refractivity contribution in [3.05, 3.63) is 33.8 Å². The van der Waals surface area contributed by atoms with Crippen molar-refractivity contribution >= 4 is 29.1 Å². The lowest BCUT2D eigenvalue weighted by Crippen LogP contribution is -2.41. The van der Waals surface area contributed by atoms with Gasteiger partial charge in [0.15, 0.2) is 0 Å². The predicted octanol–water partition coefficient (Wildman–Crippen LogP) is 3.19. The largest absolute Gasteiger partial charge is 0.338 e. The Morgan fingerprint density at radius 3 is 2.84 bits per heavy atom. The van der Waals surface area contributed by atoms with E-state index in [0.29, 0.717) is 28.1 Å². The molecule has 0 radical (unpaired) electrons. The predicted molar refractivity (Wildman–Crippen MR) is 78.7 cm³/mol. The second-order valence-corrected chi connectivity index (χ2v) is 5.80. The molecule has 3 nitrogen and oxygen atoms in total. The number of nitrogens with zero attached hydrogens (tertiary/aromatic N) is 1. The first-order chi connectivity index (χ1) is 9.06. The van der Waals surface area contributed by atoms with E-state index < -0.39 is 0 Å². The molecular formula is C14H18Cl2N2O. The van der Waals surface area contributed by atoms with Gasteiger partial charge in [-0.25, -0.2) is 0 Å². The molecule has 2 atom stereocenters. The molecule has 1 aromatic rings. The highest BCUT2D eigenvalue weighted by atomic mass is 35.5. The lowest BCUT2D eigenvalue weighted by atomic mass is 10.0. The molecule has 2 unspecified atom stereocenters. The molecule has 19 heavy (non-hydrogen) atoms. The molecular weight excluding hydrogens is 283 g/mol. The summed E-state index contributed by atoms with van der Waals surface area (Å²) in [7, 11) is 1.82. The Hall–Kier alpha value is -0.770. The van der Waals surface area contributed by atoms with E-state index >= 15 is 0 Å². The second kappa shape index (κ2) is 6.12. The molecule has 0 saturated heterocycles. The van der Waals surface area contributed by atoms with Crippen LogP contribution in [-0.2, 0) is 0 Å². The molecule has 0 aromatic heterocycles. The third-order valence-electron chi connectivity index (χ3n) is 3.92. The Kier molecular flexibility index (Phi) is 4.71. The van der Waals surface area contributed by atoms with Gasteiger partial charge in [-0.3, -0.25) is 4.79 Å². The molecule has 2 rings (SSSR count). The van der Waals surface area contributed by atoms with Crippen LogP contribution in [0.15, 0.2) is 18.2 Å². The fourth-order valence-corrected chi connectivity index (χ4v) is 3.19. The van der Waals surface area contributed by atoms with Gasteiger partial charge in [0, 0.05) is 13.1 Å². The third-order valence-corrected chi connectivity index (χ3v) is 4.74. The van der Waals surface area contributed by atoms with Crippen LogP contribution < -0.4 is 5.73 Å². The molecule has 0 heterocycles. The number of benzene rings is 1. The SMILES string of the molecule is CN(C(=O)c1cccc(Cl)c1Cl)C1CCCC1CN. The van der Waals surface area contributed by atoms with Gasteiger partial charge >= 0.3 is 0 Å². The quantitative estimate of drug-likeness (QED) is 0.932. The molecule has 0 spiro atoms. The molecule has 1 amide bonds. The van der Waals surface area contributed by atoms with Crippen LogP contribution in [0.1, 0.15) is 29.6 Å². The van der Waals surface area contributed by atoms with E-state index in [-0.39, 0.29) is 11.9 Å². The van der Waals surface area contributed by atoms with Gasteiger partial charge in [-0.1, -0.05) is 35.7 Å². The number of carbonyl (C=O) groups excluding carboxylic acids is 1. The first-order valence-electron chi connectivity index (χ1n) is 6.47. The van der Waals surface area contributed by atoms with E-state index in [4.69, 9.17) is 28.9 Å². The fraction of sp³-hybridized carbons (Fsp3) is 0.500. The molecule has 0 bridgehead atoms. The van der Waals surface area contributed by atoms with E-state index in [0.717, 1.165) is 19.3 Å². The molecule has 1 saturated carbocycles. The number of rotatable bonds is 3. The smallest absolute Gasteiger partial charge is 0.255 e. The molecule has 1 aliphatic rings. The van der Waals surface area contributed by atoms with Crippen molar-refractivity contribution in [2.75, 3.05) is 13.6 Å². The second-order valence-electron chi connectivity index (χ2n) is 5.01. The highest BCUT2D eigenvalue weighted by Gasteiger charge is 2.32. The monoisotopic (exact) mass is 300 g/mol. The van der Waals surface area contributed by atoms with Crippen LogP contribution in [0.2, 0.25) is 10.0 Å². The number of carbonyl (C=O) groups is 1. The van der Waals surface area contributed by atoms with Crippen molar-refractivity contribution in [3.63, 3.8) is 0 Å². The summed E-state index contributed by atoms with van der Waals surface area (Å²) in [4.78, 5) is 14.3. The van der Waals surface area contributed by atoms with Gasteiger partial charge in [-0.2, -0.15) is 0 Å². The van der Waals surface area contributed by atoms with Gasteiger partial charge in [0.25, 0.3) is 5.91 Å². The van der Waals surface area contributed by atoms with E-state index in [1.807, 2.05) is 7.05 Å². The minimum atomic E-state index is -0.0853. The highest BCUT2D eigenvalue weighted by molar-refractivity contribution is 6.43. The van der Waals surface area contributed by atoms with Crippen molar-refractivity contribution < 1.29 is 4.79 Å². The summed E-state index contributed by atoms with van der Waals surface area (Å²) in [6.45, 7) is 0.617. The van der Waals surface area contributed by atoms with Gasteiger partial charge in [0.2, 0.25) is 0 Å². The van der Waals surface area contributed by atoms with Gasteiger partial charge in [0.1, 0.15) is 0 Å². The number of hydrogen-bond donors (Lipinski definition) is 1. The fourth-order valence-electron chi connectivity index (χ4n) is 2.81. The maximum absolute atomic E-state index is 12.5. The van der Waals surface area contributed by atoms with Crippen LogP contribution in [0.25, 0.3) is 0 Å². The van der Waals surface area contributed by atoms with E-state index in [9.17, 15) is 4.79 Å². The minimum Gasteiger partial charge on any atom is -0.338 e. The van der Waals surface area contributed by atoms with Gasteiger partial charge in [-0.05, 0) is 37.4 Å². The van der Waals surface area contributed by atoms with Crippen molar-refractivity contribution in [1.82, 2.24) is 4.90 Å². The Bertz CT molecular complexity index is 479. The third kappa shape index (κ3) is 2.88. The van der Waals surface area contributed by atoms with Crippen molar-refractivity contribution in [1.29, 1.82) is 0 Å². The summed E-state index contributed by atoms with van der Waals surface area (Å²) in [5.41, 5.74) is 6.23. The maximum atomic E-state index is 12.5. The van der Waals surface area contributed by atoms with Gasteiger partial charge in [0.05, 0.1) is 15.6 Å². The van der Waals surface area contributed by atoms with Crippen LogP contribution >= 0.6 is 23.2 Å². The summed E-state index contributed by atoms with van der Waals surface area (Å²) >= 11 is 12.1. The topological polar surface area (TPSA) is 46.3 Å². The highest BCUT2D eigenvalue weighted by Crippen LogP contribution is 2.31. The minimum absolute atomic E-state index is 0.0853. The number of amides is 1. The normalized spacial score (nSPS) is 22.5. The lowest BCUT2D eigenvalue weighted by molar-refractivity contribution is 0.0700. The standard InChI is InChI=1S/C14H18Cl2N2O/c1-18(12-7-2-4-9(12)8-17)14(19)10-5-3-6-11(15)13(10)16/h3,5-6,9,12H,2,4,7-8,17H2,1H3. The first kappa shape index (κ1) is 14.6. The molecule has 1 aromatic carbocycles. The molecule has 5 heteroatoms. The molecule has 0 aliphatic heterocycles. The van der Waals surface area contributed by atoms with Crippen LogP contribution in [0.3, 0.4) is 0 Å². The summed E-state index contributed by atoms with van der Waals surface area (Å²) in [5, 5.41) is 0.728. The summed E-state index contributed by atoms with van der Waals surface area (Å²) in [5.74, 6) is 0.296. The van der Waals surface area contributed by atoms with Crippen LogP contribution in [0.5, 0.6) is 0 Å². The van der Waals surface area contributed by atoms with Crippen molar-refractivity contribution in [3.8, 4) is 0 Å².